The van der Waals surface area contributed by atoms with E-state index in [0.717, 1.165) is 10.1 Å². The van der Waals surface area contributed by atoms with Gasteiger partial charge in [0.05, 0.1) is 0 Å². The lowest BCUT2D eigenvalue weighted by atomic mass is 10.1. The second kappa shape index (κ2) is 6.98. The van der Waals surface area contributed by atoms with Gasteiger partial charge in [-0.25, -0.2) is 9.18 Å². The maximum atomic E-state index is 14.1. The second-order valence-corrected chi connectivity index (χ2v) is 5.90. The van der Waals surface area contributed by atoms with Crippen molar-refractivity contribution in [3.63, 3.8) is 0 Å². The number of aliphatic hydroxyl groups excluding tert-OH is 3. The lowest BCUT2D eigenvalue weighted by Crippen LogP contribution is -2.42. The van der Waals surface area contributed by atoms with E-state index in [4.69, 9.17) is 14.6 Å². The smallest absolute Gasteiger partial charge is 0.353 e. The van der Waals surface area contributed by atoms with Crippen LogP contribution in [0, 0.1) is 6.92 Å². The lowest BCUT2D eigenvalue weighted by Gasteiger charge is -2.20. The molecule has 1 fully saturated rings. The molecule has 1 aromatic rings. The van der Waals surface area contributed by atoms with Crippen LogP contribution in [0.25, 0.3) is 0 Å². The molecule has 24 heavy (non-hydrogen) atoms. The first-order valence-corrected chi connectivity index (χ1v) is 7.39. The number of aromatic nitrogens is 2. The zero-order valence-electron chi connectivity index (χ0n) is 13.6. The summed E-state index contributed by atoms with van der Waals surface area (Å²) in [6, 6.07) is 0. The lowest BCUT2D eigenvalue weighted by molar-refractivity contribution is -0.207. The Morgan fingerprint density at radius 3 is 2.75 bits per heavy atom. The highest BCUT2D eigenvalue weighted by Gasteiger charge is 2.56. The van der Waals surface area contributed by atoms with Crippen molar-refractivity contribution in [3.05, 3.63) is 33.9 Å². The number of aliphatic hydroxyl groups is 3. The summed E-state index contributed by atoms with van der Waals surface area (Å²) in [7, 11) is 0. The molecule has 1 saturated heterocycles. The summed E-state index contributed by atoms with van der Waals surface area (Å²) in [6.45, 7) is 4.49. The van der Waals surface area contributed by atoms with E-state index in [1.165, 1.54) is 6.20 Å². The molecule has 0 amide bonds. The van der Waals surface area contributed by atoms with E-state index >= 15 is 0 Å². The largest absolute Gasteiger partial charge is 0.473 e. The fourth-order valence-electron chi connectivity index (χ4n) is 2.27. The van der Waals surface area contributed by atoms with E-state index in [2.05, 4.69) is 4.98 Å². The van der Waals surface area contributed by atoms with Crippen LogP contribution in [0.2, 0.25) is 0 Å². The Bertz CT molecular complexity index is 687. The van der Waals surface area contributed by atoms with Gasteiger partial charge in [-0.05, 0) is 26.8 Å². The van der Waals surface area contributed by atoms with Crippen molar-refractivity contribution in [2.24, 2.45) is 0 Å². The number of allylic oxidation sites excluding steroid dienone is 1. The van der Waals surface area contributed by atoms with Gasteiger partial charge < -0.3 is 24.8 Å². The molecule has 4 atom stereocenters. The first kappa shape index (κ1) is 18.5. The first-order valence-electron chi connectivity index (χ1n) is 7.39. The van der Waals surface area contributed by atoms with E-state index in [1.807, 2.05) is 19.9 Å². The zero-order valence-corrected chi connectivity index (χ0v) is 13.6. The van der Waals surface area contributed by atoms with Gasteiger partial charge in [-0.15, -0.1) is 0 Å². The minimum Gasteiger partial charge on any atom is -0.473 e. The maximum Gasteiger partial charge on any atom is 0.353 e. The molecule has 9 heteroatoms. The Morgan fingerprint density at radius 2 is 2.21 bits per heavy atom. The van der Waals surface area contributed by atoms with Crippen molar-refractivity contribution in [2.75, 3.05) is 13.2 Å². The van der Waals surface area contributed by atoms with Crippen LogP contribution in [0.3, 0.4) is 0 Å². The number of ether oxygens (including phenoxy) is 2. The van der Waals surface area contributed by atoms with E-state index < -0.39 is 36.6 Å². The molecule has 3 N–H and O–H groups in total. The molecule has 1 aliphatic rings. The van der Waals surface area contributed by atoms with Crippen molar-refractivity contribution >= 4 is 0 Å². The predicted molar refractivity (Wildman–Crippen MR) is 81.2 cm³/mol. The van der Waals surface area contributed by atoms with Crippen molar-refractivity contribution in [2.45, 2.75) is 45.1 Å². The number of rotatable bonds is 5. The summed E-state index contributed by atoms with van der Waals surface area (Å²) in [6.07, 6.45) is -2.14. The standard InChI is InChI=1S/C15H21FN2O6/c1-8(2)4-5-23-12-9(3)6-18(14(22)17-12)13-10(20)11(21)15(16,7-19)24-13/h4,6,10-11,13,19-21H,5,7H2,1-3H3/t10-,11+,13-,15-/m1/s1. The third kappa shape index (κ3) is 3.48. The molecule has 1 aromatic heterocycles. The van der Waals surface area contributed by atoms with Crippen LogP contribution in [0.15, 0.2) is 22.6 Å². The van der Waals surface area contributed by atoms with Crippen molar-refractivity contribution in [3.8, 4) is 5.88 Å². The Balaban J connectivity index is 2.28. The predicted octanol–water partition coefficient (Wildman–Crippen LogP) is -0.195. The molecule has 0 saturated carbocycles. The molecule has 0 bridgehead atoms. The number of hydrogen-bond acceptors (Lipinski definition) is 7. The van der Waals surface area contributed by atoms with Gasteiger partial charge in [-0.2, -0.15) is 4.98 Å². The van der Waals surface area contributed by atoms with E-state index in [1.54, 1.807) is 6.92 Å². The summed E-state index contributed by atoms with van der Waals surface area (Å²) in [5, 5.41) is 28.6. The Hall–Kier alpha value is -1.81. The summed E-state index contributed by atoms with van der Waals surface area (Å²) >= 11 is 0. The molecular formula is C15H21FN2O6. The fourth-order valence-corrected chi connectivity index (χ4v) is 2.27. The molecule has 134 valence electrons. The summed E-state index contributed by atoms with van der Waals surface area (Å²) in [5.41, 5.74) is 0.661. The molecule has 0 aliphatic carbocycles. The SMILES string of the molecule is CC(C)=CCOc1nc(=O)n([C@@H]2O[C@](F)(CO)[C@@H](O)[C@H]2O)cc1C. The van der Waals surface area contributed by atoms with Crippen molar-refractivity contribution in [1.29, 1.82) is 0 Å². The summed E-state index contributed by atoms with van der Waals surface area (Å²) < 4.78 is 25.2. The number of alkyl halides is 1. The third-order valence-electron chi connectivity index (χ3n) is 3.66. The Labute approximate surface area is 137 Å². The average molecular weight is 344 g/mol. The van der Waals surface area contributed by atoms with E-state index in [9.17, 15) is 19.4 Å². The van der Waals surface area contributed by atoms with Crippen LogP contribution in [0.4, 0.5) is 4.39 Å². The van der Waals surface area contributed by atoms with E-state index in [-0.39, 0.29) is 12.5 Å². The maximum absolute atomic E-state index is 14.1. The molecule has 0 aromatic carbocycles. The van der Waals surface area contributed by atoms with Gasteiger partial charge in [0.2, 0.25) is 5.88 Å². The third-order valence-corrected chi connectivity index (χ3v) is 3.66. The van der Waals surface area contributed by atoms with Gasteiger partial charge in [0.1, 0.15) is 25.4 Å². The second-order valence-electron chi connectivity index (χ2n) is 5.90. The van der Waals surface area contributed by atoms with Gasteiger partial charge in [-0.3, -0.25) is 4.57 Å². The highest BCUT2D eigenvalue weighted by Crippen LogP contribution is 2.37. The number of hydrogen-bond donors (Lipinski definition) is 3. The zero-order chi connectivity index (χ0) is 18.1. The average Bonchev–Trinajstić information content (AvgIpc) is 2.75. The van der Waals surface area contributed by atoms with Crippen LogP contribution in [-0.2, 0) is 4.74 Å². The number of nitrogens with zero attached hydrogens (tertiary/aromatic N) is 2. The van der Waals surface area contributed by atoms with Gasteiger partial charge >= 0.3 is 5.69 Å². The highest BCUT2D eigenvalue weighted by molar-refractivity contribution is 5.21. The minimum absolute atomic E-state index is 0.107. The van der Waals surface area contributed by atoms with E-state index in [0.29, 0.717) is 5.56 Å². The monoisotopic (exact) mass is 344 g/mol. The van der Waals surface area contributed by atoms with Crippen LogP contribution in [0.1, 0.15) is 25.6 Å². The molecule has 0 unspecified atom stereocenters. The topological polar surface area (TPSA) is 114 Å². The molecule has 2 rings (SSSR count). The number of aryl methyl sites for hydroxylation is 1. The summed E-state index contributed by atoms with van der Waals surface area (Å²) in [5.74, 6) is -2.74. The van der Waals surface area contributed by atoms with Gasteiger partial charge in [0, 0.05) is 11.8 Å². The molecule has 8 nitrogen and oxygen atoms in total. The Kier molecular flexibility index (Phi) is 5.38. The quantitative estimate of drug-likeness (QED) is 0.634. The minimum atomic E-state index is -2.85. The fraction of sp³-hybridized carbons (Fsp3) is 0.600. The first-order chi connectivity index (χ1) is 11.2. The van der Waals surface area contributed by atoms with Crippen LogP contribution < -0.4 is 10.4 Å². The molecular weight excluding hydrogens is 323 g/mol. The molecule has 2 heterocycles. The summed E-state index contributed by atoms with van der Waals surface area (Å²) in [4.78, 5) is 15.9. The van der Waals surface area contributed by atoms with Gasteiger partial charge in [0.15, 0.2) is 6.23 Å². The van der Waals surface area contributed by atoms with Gasteiger partial charge in [-0.1, -0.05) is 5.57 Å². The van der Waals surface area contributed by atoms with Crippen LogP contribution >= 0.6 is 0 Å². The van der Waals surface area contributed by atoms with Crippen LogP contribution in [-0.4, -0.2) is 56.1 Å². The molecule has 0 spiro atoms. The normalized spacial score (nSPS) is 29.5. The van der Waals surface area contributed by atoms with Gasteiger partial charge in [0.25, 0.3) is 5.85 Å². The molecule has 0 radical (unpaired) electrons. The number of halogens is 1. The highest BCUT2D eigenvalue weighted by atomic mass is 19.2. The Morgan fingerprint density at radius 1 is 1.54 bits per heavy atom. The van der Waals surface area contributed by atoms with Crippen LogP contribution in [0.5, 0.6) is 5.88 Å². The molecule has 1 aliphatic heterocycles. The van der Waals surface area contributed by atoms with Crippen molar-refractivity contribution in [1.82, 2.24) is 9.55 Å². The van der Waals surface area contributed by atoms with Crippen molar-refractivity contribution < 1.29 is 29.2 Å².